The van der Waals surface area contributed by atoms with Crippen LogP contribution in [0.5, 0.6) is 0 Å². The van der Waals surface area contributed by atoms with Crippen LogP contribution < -0.4 is 11.1 Å². The van der Waals surface area contributed by atoms with Gasteiger partial charge < -0.3 is 16.0 Å². The van der Waals surface area contributed by atoms with E-state index in [1.54, 1.807) is 0 Å². The third-order valence-electron chi connectivity index (χ3n) is 5.25. The van der Waals surface area contributed by atoms with Crippen molar-refractivity contribution in [3.8, 4) is 0 Å². The van der Waals surface area contributed by atoms with Crippen LogP contribution in [0.25, 0.3) is 0 Å². The van der Waals surface area contributed by atoms with Gasteiger partial charge in [-0.05, 0) is 58.0 Å². The summed E-state index contributed by atoms with van der Waals surface area (Å²) in [6, 6.07) is 0.542. The lowest BCUT2D eigenvalue weighted by atomic mass is 9.78. The van der Waals surface area contributed by atoms with Crippen molar-refractivity contribution in [1.29, 1.82) is 0 Å². The predicted octanol–water partition coefficient (Wildman–Crippen LogP) is 2.13. The van der Waals surface area contributed by atoms with Gasteiger partial charge in [0.05, 0.1) is 0 Å². The highest BCUT2D eigenvalue weighted by atomic mass is 16.1. The predicted molar refractivity (Wildman–Crippen MR) is 87.0 cm³/mol. The topological polar surface area (TPSA) is 58.4 Å². The van der Waals surface area contributed by atoms with Gasteiger partial charge in [-0.1, -0.05) is 19.8 Å². The first-order valence-electron chi connectivity index (χ1n) is 8.84. The molecule has 2 aliphatic rings. The maximum absolute atomic E-state index is 12.4. The van der Waals surface area contributed by atoms with E-state index in [1.807, 2.05) is 0 Å². The minimum atomic E-state index is 0.0974. The fourth-order valence-electron chi connectivity index (χ4n) is 3.88. The van der Waals surface area contributed by atoms with Crippen LogP contribution in [0.15, 0.2) is 0 Å². The molecular weight excluding hydrogens is 262 g/mol. The van der Waals surface area contributed by atoms with E-state index in [4.69, 9.17) is 5.73 Å². The van der Waals surface area contributed by atoms with Crippen LogP contribution >= 0.6 is 0 Å². The van der Waals surface area contributed by atoms with E-state index in [1.165, 1.54) is 38.8 Å². The zero-order valence-electron chi connectivity index (χ0n) is 13.8. The van der Waals surface area contributed by atoms with Gasteiger partial charge in [-0.25, -0.2) is 0 Å². The fourth-order valence-corrected chi connectivity index (χ4v) is 3.88. The van der Waals surface area contributed by atoms with Crippen molar-refractivity contribution in [2.75, 3.05) is 19.6 Å². The lowest BCUT2D eigenvalue weighted by molar-refractivity contribution is -0.127. The summed E-state index contributed by atoms with van der Waals surface area (Å²) >= 11 is 0. The molecule has 0 radical (unpaired) electrons. The molecule has 4 atom stereocenters. The van der Waals surface area contributed by atoms with Crippen LogP contribution in [-0.2, 0) is 4.79 Å². The molecule has 1 aliphatic carbocycles. The number of amides is 1. The van der Waals surface area contributed by atoms with Crippen molar-refractivity contribution in [2.45, 2.75) is 70.9 Å². The summed E-state index contributed by atoms with van der Waals surface area (Å²) in [5.41, 5.74) is 6.05. The lowest BCUT2D eigenvalue weighted by Gasteiger charge is -2.32. The van der Waals surface area contributed by atoms with Gasteiger partial charge in [-0.3, -0.25) is 4.79 Å². The Labute approximate surface area is 129 Å². The van der Waals surface area contributed by atoms with Crippen LogP contribution in [0.3, 0.4) is 0 Å². The van der Waals surface area contributed by atoms with E-state index in [-0.39, 0.29) is 17.9 Å². The molecule has 1 saturated carbocycles. The standard InChI is InChI=1S/C17H33N3O/c1-13(12-20-9-4-3-5-10-20)19-17(21)14(2)15-7-6-8-16(18)11-15/h13-16H,3-12,18H2,1-2H3,(H,19,21). The highest BCUT2D eigenvalue weighted by molar-refractivity contribution is 5.78. The van der Waals surface area contributed by atoms with E-state index < -0.39 is 0 Å². The Morgan fingerprint density at radius 1 is 1.19 bits per heavy atom. The number of hydrogen-bond acceptors (Lipinski definition) is 3. The van der Waals surface area contributed by atoms with Crippen molar-refractivity contribution in [2.24, 2.45) is 17.6 Å². The number of nitrogens with zero attached hydrogens (tertiary/aromatic N) is 1. The van der Waals surface area contributed by atoms with Crippen LogP contribution in [0, 0.1) is 11.8 Å². The number of nitrogens with two attached hydrogens (primary N) is 1. The smallest absolute Gasteiger partial charge is 0.223 e. The maximum atomic E-state index is 12.4. The van der Waals surface area contributed by atoms with Crippen molar-refractivity contribution in [3.05, 3.63) is 0 Å². The summed E-state index contributed by atoms with van der Waals surface area (Å²) in [6.07, 6.45) is 8.42. The van der Waals surface area contributed by atoms with E-state index in [0.29, 0.717) is 12.0 Å². The quantitative estimate of drug-likeness (QED) is 0.817. The van der Waals surface area contributed by atoms with Gasteiger partial charge in [-0.2, -0.15) is 0 Å². The molecule has 0 aromatic carbocycles. The minimum Gasteiger partial charge on any atom is -0.352 e. The highest BCUT2D eigenvalue weighted by Crippen LogP contribution is 2.29. The second kappa shape index (κ2) is 8.14. The maximum Gasteiger partial charge on any atom is 0.223 e. The Morgan fingerprint density at radius 3 is 2.57 bits per heavy atom. The fraction of sp³-hybridized carbons (Fsp3) is 0.941. The molecule has 0 spiro atoms. The number of hydrogen-bond donors (Lipinski definition) is 2. The van der Waals surface area contributed by atoms with Gasteiger partial charge in [0, 0.05) is 24.5 Å². The molecule has 4 heteroatoms. The highest BCUT2D eigenvalue weighted by Gasteiger charge is 2.29. The SMILES string of the molecule is CC(CN1CCCCC1)NC(=O)C(C)C1CCCC(N)C1. The van der Waals surface area contributed by atoms with Gasteiger partial charge >= 0.3 is 0 Å². The van der Waals surface area contributed by atoms with Gasteiger partial charge in [0.1, 0.15) is 0 Å². The molecule has 0 aromatic rings. The average molecular weight is 295 g/mol. The summed E-state index contributed by atoms with van der Waals surface area (Å²) in [6.45, 7) is 7.57. The Hall–Kier alpha value is -0.610. The molecule has 0 bridgehead atoms. The van der Waals surface area contributed by atoms with Crippen LogP contribution in [0.4, 0.5) is 0 Å². The number of nitrogens with one attached hydrogen (secondary N) is 1. The number of rotatable bonds is 5. The van der Waals surface area contributed by atoms with Crippen LogP contribution in [0.2, 0.25) is 0 Å². The molecule has 4 unspecified atom stereocenters. The van der Waals surface area contributed by atoms with E-state index >= 15 is 0 Å². The average Bonchev–Trinajstić information content (AvgIpc) is 2.47. The van der Waals surface area contributed by atoms with E-state index in [2.05, 4.69) is 24.1 Å². The molecule has 3 N–H and O–H groups in total. The molecule has 122 valence electrons. The molecule has 21 heavy (non-hydrogen) atoms. The Kier molecular flexibility index (Phi) is 6.49. The van der Waals surface area contributed by atoms with Crippen LogP contribution in [-0.4, -0.2) is 42.5 Å². The van der Waals surface area contributed by atoms with Crippen molar-refractivity contribution >= 4 is 5.91 Å². The normalized spacial score (nSPS) is 30.6. The molecule has 2 fully saturated rings. The minimum absolute atomic E-state index is 0.0974. The van der Waals surface area contributed by atoms with Gasteiger partial charge in [0.15, 0.2) is 0 Å². The molecule has 4 nitrogen and oxygen atoms in total. The molecular formula is C17H33N3O. The van der Waals surface area contributed by atoms with Crippen molar-refractivity contribution in [1.82, 2.24) is 10.2 Å². The lowest BCUT2D eigenvalue weighted by Crippen LogP contribution is -2.46. The first-order chi connectivity index (χ1) is 10.1. The third kappa shape index (κ3) is 5.26. The van der Waals surface area contributed by atoms with E-state index in [9.17, 15) is 4.79 Å². The number of carbonyl (C=O) groups excluding carboxylic acids is 1. The molecule has 1 saturated heterocycles. The van der Waals surface area contributed by atoms with Crippen molar-refractivity contribution in [3.63, 3.8) is 0 Å². The molecule has 1 heterocycles. The summed E-state index contributed by atoms with van der Waals surface area (Å²) in [4.78, 5) is 14.9. The summed E-state index contributed by atoms with van der Waals surface area (Å²) in [7, 11) is 0. The monoisotopic (exact) mass is 295 g/mol. The second-order valence-corrected chi connectivity index (χ2v) is 7.25. The molecule has 2 rings (SSSR count). The number of likely N-dealkylation sites (tertiary alicyclic amines) is 1. The van der Waals surface area contributed by atoms with Crippen LogP contribution in [0.1, 0.15) is 58.8 Å². The van der Waals surface area contributed by atoms with Gasteiger partial charge in [-0.15, -0.1) is 0 Å². The summed E-state index contributed by atoms with van der Waals surface area (Å²) < 4.78 is 0. The summed E-state index contributed by atoms with van der Waals surface area (Å²) in [5.74, 6) is 0.787. The zero-order chi connectivity index (χ0) is 15.2. The molecule has 1 aliphatic heterocycles. The summed E-state index contributed by atoms with van der Waals surface area (Å²) in [5, 5.41) is 3.22. The second-order valence-electron chi connectivity index (χ2n) is 7.25. The van der Waals surface area contributed by atoms with E-state index in [0.717, 1.165) is 25.8 Å². The largest absolute Gasteiger partial charge is 0.352 e. The first kappa shape index (κ1) is 16.8. The number of piperidine rings is 1. The van der Waals surface area contributed by atoms with Crippen molar-refractivity contribution < 1.29 is 4.79 Å². The first-order valence-corrected chi connectivity index (χ1v) is 8.84. The van der Waals surface area contributed by atoms with Gasteiger partial charge in [0.25, 0.3) is 0 Å². The zero-order valence-corrected chi connectivity index (χ0v) is 13.8. The number of carbonyl (C=O) groups is 1. The Bertz CT molecular complexity index is 328. The molecule has 0 aromatic heterocycles. The Balaban J connectivity index is 1.74. The Morgan fingerprint density at radius 2 is 1.90 bits per heavy atom. The molecule has 1 amide bonds. The third-order valence-corrected chi connectivity index (χ3v) is 5.25. The van der Waals surface area contributed by atoms with Gasteiger partial charge in [0.2, 0.25) is 5.91 Å².